The van der Waals surface area contributed by atoms with Gasteiger partial charge in [-0.05, 0) is 42.9 Å². The van der Waals surface area contributed by atoms with Crippen LogP contribution in [0.2, 0.25) is 0 Å². The molecular weight excluding hydrogens is 234 g/mol. The van der Waals surface area contributed by atoms with Gasteiger partial charge in [-0.15, -0.1) is 0 Å². The molecule has 1 N–H and O–H groups in total. The third kappa shape index (κ3) is 2.97. The van der Waals surface area contributed by atoms with Gasteiger partial charge >= 0.3 is 0 Å². The summed E-state index contributed by atoms with van der Waals surface area (Å²) in [5.41, 5.74) is 2.60. The first-order chi connectivity index (χ1) is 9.38. The van der Waals surface area contributed by atoms with Crippen molar-refractivity contribution in [2.24, 2.45) is 0 Å². The first-order valence-electron chi connectivity index (χ1n) is 7.33. The molecule has 3 nitrogen and oxygen atoms in total. The van der Waals surface area contributed by atoms with E-state index in [0.717, 1.165) is 38.5 Å². The highest BCUT2D eigenvalue weighted by atomic mass is 15.2. The standard InChI is InChI=1S/C16H21N3/c17-12-16(19-9-2-7-18-8-10-19)15-4-1-3-14(11-15)13-5-6-13/h1,3-4,11,13,16,18H,2,5-10H2. The Balaban J connectivity index is 1.80. The van der Waals surface area contributed by atoms with E-state index in [4.69, 9.17) is 0 Å². The van der Waals surface area contributed by atoms with Crippen molar-refractivity contribution in [2.75, 3.05) is 26.2 Å². The molecule has 0 spiro atoms. The van der Waals surface area contributed by atoms with Crippen LogP contribution in [0.5, 0.6) is 0 Å². The molecule has 100 valence electrons. The van der Waals surface area contributed by atoms with Gasteiger partial charge in [0.15, 0.2) is 0 Å². The summed E-state index contributed by atoms with van der Waals surface area (Å²) >= 11 is 0. The zero-order valence-electron chi connectivity index (χ0n) is 11.3. The highest BCUT2D eigenvalue weighted by Gasteiger charge is 2.26. The monoisotopic (exact) mass is 255 g/mol. The van der Waals surface area contributed by atoms with Gasteiger partial charge in [0.25, 0.3) is 0 Å². The van der Waals surface area contributed by atoms with E-state index >= 15 is 0 Å². The Kier molecular flexibility index (Phi) is 3.82. The SMILES string of the molecule is N#CC(c1cccc(C2CC2)c1)N1CCCNCC1. The number of rotatable bonds is 3. The Labute approximate surface area is 115 Å². The molecule has 0 radical (unpaired) electrons. The Morgan fingerprint density at radius 3 is 2.95 bits per heavy atom. The van der Waals surface area contributed by atoms with Crippen LogP contribution in [-0.2, 0) is 0 Å². The molecule has 1 saturated heterocycles. The molecule has 19 heavy (non-hydrogen) atoms. The molecule has 0 bridgehead atoms. The van der Waals surface area contributed by atoms with Gasteiger partial charge in [0.2, 0.25) is 0 Å². The van der Waals surface area contributed by atoms with E-state index in [1.54, 1.807) is 0 Å². The van der Waals surface area contributed by atoms with Gasteiger partial charge < -0.3 is 5.32 Å². The summed E-state index contributed by atoms with van der Waals surface area (Å²) in [5, 5.41) is 13.0. The van der Waals surface area contributed by atoms with Crippen molar-refractivity contribution in [3.05, 3.63) is 35.4 Å². The summed E-state index contributed by atoms with van der Waals surface area (Å²) in [7, 11) is 0. The van der Waals surface area contributed by atoms with Gasteiger partial charge in [0.1, 0.15) is 6.04 Å². The number of nitrogens with zero attached hydrogens (tertiary/aromatic N) is 2. The summed E-state index contributed by atoms with van der Waals surface area (Å²) in [6.07, 6.45) is 3.75. The average molecular weight is 255 g/mol. The Hall–Kier alpha value is -1.37. The van der Waals surface area contributed by atoms with Crippen molar-refractivity contribution in [1.29, 1.82) is 5.26 Å². The van der Waals surface area contributed by atoms with Crippen molar-refractivity contribution < 1.29 is 0 Å². The van der Waals surface area contributed by atoms with Crippen LogP contribution in [0.15, 0.2) is 24.3 Å². The van der Waals surface area contributed by atoms with E-state index in [2.05, 4.69) is 40.6 Å². The van der Waals surface area contributed by atoms with Gasteiger partial charge in [-0.25, -0.2) is 0 Å². The van der Waals surface area contributed by atoms with E-state index in [1.807, 2.05) is 0 Å². The maximum Gasteiger partial charge on any atom is 0.123 e. The topological polar surface area (TPSA) is 39.1 Å². The van der Waals surface area contributed by atoms with E-state index in [9.17, 15) is 5.26 Å². The fourth-order valence-corrected chi connectivity index (χ4v) is 2.89. The van der Waals surface area contributed by atoms with Gasteiger partial charge in [0, 0.05) is 19.6 Å². The second-order valence-corrected chi connectivity index (χ2v) is 5.62. The van der Waals surface area contributed by atoms with E-state index in [0.29, 0.717) is 0 Å². The quantitative estimate of drug-likeness (QED) is 0.901. The molecule has 1 aliphatic carbocycles. The fraction of sp³-hybridized carbons (Fsp3) is 0.562. The molecule has 3 rings (SSSR count). The Bertz CT molecular complexity index is 465. The smallest absolute Gasteiger partial charge is 0.123 e. The summed E-state index contributed by atoms with van der Waals surface area (Å²) in [6.45, 7) is 4.03. The molecule has 0 aromatic heterocycles. The minimum absolute atomic E-state index is 0.0846. The molecule has 2 fully saturated rings. The second-order valence-electron chi connectivity index (χ2n) is 5.62. The third-order valence-electron chi connectivity index (χ3n) is 4.14. The molecule has 1 atom stereocenters. The molecular formula is C16H21N3. The van der Waals surface area contributed by atoms with Gasteiger partial charge in [-0.3, -0.25) is 4.90 Å². The first kappa shape index (κ1) is 12.7. The lowest BCUT2D eigenvalue weighted by Crippen LogP contribution is -2.31. The van der Waals surface area contributed by atoms with Crippen molar-refractivity contribution in [1.82, 2.24) is 10.2 Å². The molecule has 1 aliphatic heterocycles. The maximum atomic E-state index is 9.56. The summed E-state index contributed by atoms with van der Waals surface area (Å²) in [4.78, 5) is 2.31. The van der Waals surface area contributed by atoms with Gasteiger partial charge in [0.05, 0.1) is 6.07 Å². The van der Waals surface area contributed by atoms with Crippen LogP contribution in [0.1, 0.15) is 42.3 Å². The molecule has 1 heterocycles. The highest BCUT2D eigenvalue weighted by molar-refractivity contribution is 5.33. The van der Waals surface area contributed by atoms with Crippen molar-refractivity contribution in [2.45, 2.75) is 31.2 Å². The lowest BCUT2D eigenvalue weighted by Gasteiger charge is -2.25. The van der Waals surface area contributed by atoms with Crippen molar-refractivity contribution in [3.8, 4) is 6.07 Å². The normalized spacial score (nSPS) is 22.5. The molecule has 1 unspecified atom stereocenters. The number of nitrogens with one attached hydrogen (secondary N) is 1. The lowest BCUT2D eigenvalue weighted by molar-refractivity contribution is 0.252. The number of hydrogen-bond donors (Lipinski definition) is 1. The summed E-state index contributed by atoms with van der Waals surface area (Å²) in [6, 6.07) is 11.1. The van der Waals surface area contributed by atoms with Crippen molar-refractivity contribution >= 4 is 0 Å². The highest BCUT2D eigenvalue weighted by Crippen LogP contribution is 2.40. The van der Waals surface area contributed by atoms with Crippen LogP contribution in [0.3, 0.4) is 0 Å². The zero-order valence-corrected chi connectivity index (χ0v) is 11.3. The minimum atomic E-state index is -0.0846. The van der Waals surface area contributed by atoms with E-state index in [1.165, 1.54) is 24.0 Å². The summed E-state index contributed by atoms with van der Waals surface area (Å²) in [5.74, 6) is 0.755. The Morgan fingerprint density at radius 2 is 2.16 bits per heavy atom. The zero-order chi connectivity index (χ0) is 13.1. The maximum absolute atomic E-state index is 9.56. The molecule has 2 aliphatic rings. The van der Waals surface area contributed by atoms with Gasteiger partial charge in [-0.2, -0.15) is 5.26 Å². The Morgan fingerprint density at radius 1 is 1.26 bits per heavy atom. The van der Waals surface area contributed by atoms with E-state index in [-0.39, 0.29) is 6.04 Å². The van der Waals surface area contributed by atoms with Crippen LogP contribution < -0.4 is 5.32 Å². The first-order valence-corrected chi connectivity index (χ1v) is 7.33. The van der Waals surface area contributed by atoms with Crippen LogP contribution in [0.25, 0.3) is 0 Å². The van der Waals surface area contributed by atoms with Crippen LogP contribution >= 0.6 is 0 Å². The van der Waals surface area contributed by atoms with Crippen LogP contribution in [-0.4, -0.2) is 31.1 Å². The predicted octanol–water partition coefficient (Wildman–Crippen LogP) is 2.42. The molecule has 0 amide bonds. The molecule has 1 aromatic rings. The number of nitriles is 1. The minimum Gasteiger partial charge on any atom is -0.315 e. The average Bonchev–Trinajstić information content (AvgIpc) is 3.28. The van der Waals surface area contributed by atoms with E-state index < -0.39 is 0 Å². The van der Waals surface area contributed by atoms with Crippen LogP contribution in [0, 0.1) is 11.3 Å². The number of hydrogen-bond acceptors (Lipinski definition) is 3. The predicted molar refractivity (Wildman–Crippen MR) is 75.8 cm³/mol. The van der Waals surface area contributed by atoms with Crippen LogP contribution in [0.4, 0.5) is 0 Å². The van der Waals surface area contributed by atoms with Gasteiger partial charge in [-0.1, -0.05) is 24.3 Å². The number of benzene rings is 1. The fourth-order valence-electron chi connectivity index (χ4n) is 2.89. The summed E-state index contributed by atoms with van der Waals surface area (Å²) < 4.78 is 0. The molecule has 1 saturated carbocycles. The largest absolute Gasteiger partial charge is 0.315 e. The molecule has 1 aromatic carbocycles. The lowest BCUT2D eigenvalue weighted by atomic mass is 10.0. The second kappa shape index (κ2) is 5.73. The third-order valence-corrected chi connectivity index (χ3v) is 4.14. The van der Waals surface area contributed by atoms with Crippen molar-refractivity contribution in [3.63, 3.8) is 0 Å². The molecule has 3 heteroatoms.